The van der Waals surface area contributed by atoms with E-state index in [2.05, 4.69) is 4.98 Å². The van der Waals surface area contributed by atoms with Gasteiger partial charge in [-0.1, -0.05) is 12.1 Å². The van der Waals surface area contributed by atoms with Gasteiger partial charge in [0, 0.05) is 33.8 Å². The summed E-state index contributed by atoms with van der Waals surface area (Å²) >= 11 is 0. The lowest BCUT2D eigenvalue weighted by atomic mass is 9.95. The number of rotatable bonds is 10. The first-order valence-electron chi connectivity index (χ1n) is 10.3. The summed E-state index contributed by atoms with van der Waals surface area (Å²) in [5.74, 6) is 0.940. The maximum absolute atomic E-state index is 13.5. The van der Waals surface area contributed by atoms with Crippen molar-refractivity contribution in [2.24, 2.45) is 0 Å². The van der Waals surface area contributed by atoms with Gasteiger partial charge in [-0.2, -0.15) is 0 Å². The SMILES string of the molecule is COc1cc(C(=O)C(=Cc2c[nH]c3cc(C)ccc23)CCC(O)CO)cc(OC)c1OC. The minimum atomic E-state index is -0.906. The summed E-state index contributed by atoms with van der Waals surface area (Å²) < 4.78 is 16.1. The highest BCUT2D eigenvalue weighted by atomic mass is 16.5. The number of ether oxygens (including phenoxy) is 3. The number of carbonyl (C=O) groups is 1. The van der Waals surface area contributed by atoms with Gasteiger partial charge in [-0.25, -0.2) is 0 Å². The van der Waals surface area contributed by atoms with E-state index < -0.39 is 6.10 Å². The van der Waals surface area contributed by atoms with Crippen LogP contribution in [0.5, 0.6) is 17.2 Å². The smallest absolute Gasteiger partial charge is 0.203 e. The number of H-pyrrole nitrogens is 1. The van der Waals surface area contributed by atoms with E-state index in [1.54, 1.807) is 12.1 Å². The molecule has 0 spiro atoms. The van der Waals surface area contributed by atoms with Crippen LogP contribution < -0.4 is 14.2 Å². The van der Waals surface area contributed by atoms with Gasteiger partial charge in [-0.15, -0.1) is 0 Å². The quantitative estimate of drug-likeness (QED) is 0.327. The van der Waals surface area contributed by atoms with Crippen LogP contribution >= 0.6 is 0 Å². The maximum Gasteiger partial charge on any atom is 0.203 e. The van der Waals surface area contributed by atoms with Crippen LogP contribution in [0.25, 0.3) is 17.0 Å². The lowest BCUT2D eigenvalue weighted by Crippen LogP contribution is -2.14. The number of fused-ring (bicyclic) bond motifs is 1. The number of Topliss-reactive ketones (excluding diaryl/α,β-unsaturated/α-hetero) is 1. The molecule has 0 aliphatic heterocycles. The van der Waals surface area contributed by atoms with Crippen LogP contribution in [0.4, 0.5) is 0 Å². The van der Waals surface area contributed by atoms with Gasteiger partial charge in [-0.05, 0) is 49.6 Å². The number of allylic oxidation sites excluding steroid dienone is 1. The third-order valence-electron chi connectivity index (χ3n) is 5.38. The lowest BCUT2D eigenvalue weighted by Gasteiger charge is -2.15. The van der Waals surface area contributed by atoms with Crippen molar-refractivity contribution in [2.75, 3.05) is 27.9 Å². The van der Waals surface area contributed by atoms with E-state index in [4.69, 9.17) is 14.2 Å². The number of hydrogen-bond acceptors (Lipinski definition) is 6. The summed E-state index contributed by atoms with van der Waals surface area (Å²) in [6, 6.07) is 9.29. The largest absolute Gasteiger partial charge is 0.493 e. The van der Waals surface area contributed by atoms with E-state index in [0.717, 1.165) is 22.0 Å². The fourth-order valence-corrected chi connectivity index (χ4v) is 3.63. The fourth-order valence-electron chi connectivity index (χ4n) is 3.63. The van der Waals surface area contributed by atoms with Gasteiger partial charge in [0.25, 0.3) is 0 Å². The predicted octanol–water partition coefficient (Wildman–Crippen LogP) is 3.90. The number of nitrogens with one attached hydrogen (secondary N) is 1. The molecule has 1 atom stereocenters. The Morgan fingerprint density at radius 1 is 1.09 bits per heavy atom. The Labute approximate surface area is 187 Å². The standard InChI is InChI=1S/C25H29NO6/c1-15-5-8-20-18(13-26-21(20)9-15)10-16(6-7-19(28)14-27)24(29)17-11-22(30-2)25(32-4)23(12-17)31-3/h5,8-13,19,26-28H,6-7,14H2,1-4H3. The number of methoxy groups -OCH3 is 3. The number of aryl methyl sites for hydroxylation is 1. The van der Waals surface area contributed by atoms with Crippen molar-refractivity contribution < 1.29 is 29.2 Å². The van der Waals surface area contributed by atoms with Gasteiger partial charge in [0.2, 0.25) is 5.75 Å². The number of carbonyl (C=O) groups excluding carboxylic acids is 1. The van der Waals surface area contributed by atoms with Gasteiger partial charge in [-0.3, -0.25) is 4.79 Å². The minimum Gasteiger partial charge on any atom is -0.493 e. The summed E-state index contributed by atoms with van der Waals surface area (Å²) in [5, 5.41) is 20.1. The Morgan fingerprint density at radius 2 is 1.78 bits per heavy atom. The van der Waals surface area contributed by atoms with Gasteiger partial charge in [0.1, 0.15) is 0 Å². The van der Waals surface area contributed by atoms with E-state index in [0.29, 0.717) is 28.4 Å². The first-order valence-corrected chi connectivity index (χ1v) is 10.3. The Bertz CT molecular complexity index is 1110. The second-order valence-corrected chi connectivity index (χ2v) is 7.58. The molecule has 0 amide bonds. The van der Waals surface area contributed by atoms with Crippen molar-refractivity contribution in [1.82, 2.24) is 4.98 Å². The molecular formula is C25H29NO6. The van der Waals surface area contributed by atoms with Crippen molar-refractivity contribution in [2.45, 2.75) is 25.9 Å². The van der Waals surface area contributed by atoms with Crippen LogP contribution in [0, 0.1) is 6.92 Å². The third-order valence-corrected chi connectivity index (χ3v) is 5.38. The molecule has 7 nitrogen and oxygen atoms in total. The number of aromatic amines is 1. The second-order valence-electron chi connectivity index (χ2n) is 7.58. The summed E-state index contributed by atoms with van der Waals surface area (Å²) in [7, 11) is 4.49. The molecule has 3 aromatic rings. The van der Waals surface area contributed by atoms with Gasteiger partial charge in [0.05, 0.1) is 34.0 Å². The highest BCUT2D eigenvalue weighted by Gasteiger charge is 2.20. The Balaban J connectivity index is 2.07. The van der Waals surface area contributed by atoms with E-state index in [1.165, 1.54) is 21.3 Å². The zero-order valence-electron chi connectivity index (χ0n) is 18.8. The Morgan fingerprint density at radius 3 is 2.38 bits per heavy atom. The molecule has 2 aromatic carbocycles. The van der Waals surface area contributed by atoms with Crippen LogP contribution in [0.3, 0.4) is 0 Å². The highest BCUT2D eigenvalue weighted by Crippen LogP contribution is 2.39. The van der Waals surface area contributed by atoms with E-state index in [9.17, 15) is 15.0 Å². The molecule has 0 aliphatic rings. The van der Waals surface area contributed by atoms with Crippen molar-refractivity contribution in [3.63, 3.8) is 0 Å². The molecule has 0 saturated carbocycles. The summed E-state index contributed by atoms with van der Waals surface area (Å²) in [6.45, 7) is 1.66. The van der Waals surface area contributed by atoms with Crippen molar-refractivity contribution in [1.29, 1.82) is 0 Å². The van der Waals surface area contributed by atoms with Gasteiger partial charge >= 0.3 is 0 Å². The van der Waals surface area contributed by atoms with E-state index in [-0.39, 0.29) is 25.2 Å². The number of aromatic nitrogens is 1. The third kappa shape index (κ3) is 4.95. The van der Waals surface area contributed by atoms with Gasteiger partial charge in [0.15, 0.2) is 17.3 Å². The predicted molar refractivity (Wildman–Crippen MR) is 124 cm³/mol. The zero-order chi connectivity index (χ0) is 23.3. The molecule has 0 radical (unpaired) electrons. The van der Waals surface area contributed by atoms with Crippen molar-refractivity contribution >= 4 is 22.8 Å². The van der Waals surface area contributed by atoms with Crippen LogP contribution in [0.2, 0.25) is 0 Å². The lowest BCUT2D eigenvalue weighted by molar-refractivity contribution is 0.0871. The number of ketones is 1. The molecule has 1 aromatic heterocycles. The van der Waals surface area contributed by atoms with Crippen molar-refractivity contribution in [3.8, 4) is 17.2 Å². The molecule has 7 heteroatoms. The highest BCUT2D eigenvalue weighted by molar-refractivity contribution is 6.12. The monoisotopic (exact) mass is 439 g/mol. The van der Waals surface area contributed by atoms with Crippen LogP contribution in [-0.4, -0.2) is 55.0 Å². The molecule has 3 N–H and O–H groups in total. The number of aliphatic hydroxyl groups is 2. The molecular weight excluding hydrogens is 410 g/mol. The van der Waals surface area contributed by atoms with E-state index in [1.807, 2.05) is 37.4 Å². The molecule has 170 valence electrons. The molecule has 0 bridgehead atoms. The first-order chi connectivity index (χ1) is 15.4. The number of aliphatic hydroxyl groups excluding tert-OH is 2. The molecule has 0 fully saturated rings. The molecule has 1 unspecified atom stereocenters. The average Bonchev–Trinajstić information content (AvgIpc) is 3.21. The molecule has 1 heterocycles. The zero-order valence-corrected chi connectivity index (χ0v) is 18.8. The summed E-state index contributed by atoms with van der Waals surface area (Å²) in [4.78, 5) is 16.8. The Hall–Kier alpha value is -3.29. The summed E-state index contributed by atoms with van der Waals surface area (Å²) in [6.07, 6.45) is 3.31. The second kappa shape index (κ2) is 10.3. The summed E-state index contributed by atoms with van der Waals surface area (Å²) in [5.41, 5.74) is 3.85. The topological polar surface area (TPSA) is 101 Å². The molecule has 32 heavy (non-hydrogen) atoms. The fraction of sp³-hybridized carbons (Fsp3) is 0.320. The van der Waals surface area contributed by atoms with Crippen LogP contribution in [-0.2, 0) is 0 Å². The van der Waals surface area contributed by atoms with Crippen LogP contribution in [0.15, 0.2) is 42.1 Å². The van der Waals surface area contributed by atoms with Crippen molar-refractivity contribution in [3.05, 3.63) is 58.8 Å². The number of benzene rings is 2. The normalized spacial score (nSPS) is 12.6. The van der Waals surface area contributed by atoms with Gasteiger partial charge < -0.3 is 29.4 Å². The molecule has 0 saturated heterocycles. The number of hydrogen-bond donors (Lipinski definition) is 3. The molecule has 3 rings (SSSR count). The van der Waals surface area contributed by atoms with E-state index >= 15 is 0 Å². The van der Waals surface area contributed by atoms with Crippen LogP contribution in [0.1, 0.15) is 34.3 Å². The molecule has 0 aliphatic carbocycles. The minimum absolute atomic E-state index is 0.226. The Kier molecular flexibility index (Phi) is 7.56. The average molecular weight is 440 g/mol. The maximum atomic E-state index is 13.5. The first kappa shape index (κ1) is 23.4.